The molecule has 0 unspecified atom stereocenters. The van der Waals surface area contributed by atoms with Gasteiger partial charge in [0.15, 0.2) is 4.77 Å². The summed E-state index contributed by atoms with van der Waals surface area (Å²) in [7, 11) is 0. The van der Waals surface area contributed by atoms with Crippen LogP contribution in [0.2, 0.25) is 0 Å². The standard InChI is InChI=1S/C15H17F3N2S/c16-15(17,18)11-5-6-13-12(9-11)19-14(21)20(13)8-7-10-3-1-2-4-10/h5-6,9-10H,1-4,7-8H2,(H,19,21). The van der Waals surface area contributed by atoms with Crippen LogP contribution in [0.15, 0.2) is 18.2 Å². The van der Waals surface area contributed by atoms with Crippen molar-refractivity contribution in [2.24, 2.45) is 5.92 Å². The van der Waals surface area contributed by atoms with Crippen molar-refractivity contribution in [1.82, 2.24) is 9.55 Å². The Kier molecular flexibility index (Phi) is 3.82. The molecule has 0 atom stereocenters. The Hall–Kier alpha value is -1.30. The number of imidazole rings is 1. The van der Waals surface area contributed by atoms with E-state index in [-0.39, 0.29) is 0 Å². The molecule has 1 aliphatic rings. The van der Waals surface area contributed by atoms with Crippen molar-refractivity contribution in [2.45, 2.75) is 44.8 Å². The number of alkyl halides is 3. The third-order valence-electron chi connectivity index (χ3n) is 4.34. The summed E-state index contributed by atoms with van der Waals surface area (Å²) >= 11 is 5.26. The average Bonchev–Trinajstić information content (AvgIpc) is 3.01. The van der Waals surface area contributed by atoms with Gasteiger partial charge in [-0.25, -0.2) is 0 Å². The maximum atomic E-state index is 12.7. The highest BCUT2D eigenvalue weighted by molar-refractivity contribution is 7.71. The summed E-state index contributed by atoms with van der Waals surface area (Å²) in [4.78, 5) is 2.89. The molecule has 1 aromatic carbocycles. The summed E-state index contributed by atoms with van der Waals surface area (Å²) in [5.74, 6) is 0.728. The number of hydrogen-bond donors (Lipinski definition) is 1. The molecule has 1 aliphatic carbocycles. The van der Waals surface area contributed by atoms with Crippen LogP contribution in [-0.2, 0) is 12.7 Å². The molecule has 0 bridgehead atoms. The van der Waals surface area contributed by atoms with E-state index in [2.05, 4.69) is 4.98 Å². The van der Waals surface area contributed by atoms with Gasteiger partial charge in [-0.2, -0.15) is 13.2 Å². The van der Waals surface area contributed by atoms with Gasteiger partial charge in [0.1, 0.15) is 0 Å². The zero-order valence-electron chi connectivity index (χ0n) is 11.5. The Balaban J connectivity index is 1.88. The number of fused-ring (bicyclic) bond motifs is 1. The van der Waals surface area contributed by atoms with Crippen LogP contribution >= 0.6 is 12.2 Å². The van der Waals surface area contributed by atoms with Gasteiger partial charge in [0.05, 0.1) is 16.6 Å². The van der Waals surface area contributed by atoms with Crippen molar-refractivity contribution >= 4 is 23.3 Å². The highest BCUT2D eigenvalue weighted by Crippen LogP contribution is 2.32. The number of rotatable bonds is 3. The van der Waals surface area contributed by atoms with E-state index < -0.39 is 11.7 Å². The lowest BCUT2D eigenvalue weighted by molar-refractivity contribution is -0.137. The molecule has 1 heterocycles. The maximum absolute atomic E-state index is 12.7. The zero-order valence-corrected chi connectivity index (χ0v) is 12.4. The number of aromatic amines is 1. The summed E-state index contributed by atoms with van der Waals surface area (Å²) in [5.41, 5.74) is 0.571. The Bertz CT molecular complexity index is 693. The highest BCUT2D eigenvalue weighted by Gasteiger charge is 2.30. The molecule has 3 rings (SSSR count). The van der Waals surface area contributed by atoms with Crippen molar-refractivity contribution in [3.05, 3.63) is 28.5 Å². The average molecular weight is 314 g/mol. The fourth-order valence-electron chi connectivity index (χ4n) is 3.17. The first kappa shape index (κ1) is 14.6. The van der Waals surface area contributed by atoms with Crippen LogP contribution in [0, 0.1) is 10.7 Å². The number of nitrogens with one attached hydrogen (secondary N) is 1. The number of halogens is 3. The molecular formula is C15H17F3N2S. The molecule has 0 amide bonds. The summed E-state index contributed by atoms with van der Waals surface area (Å²) in [6.45, 7) is 0.773. The van der Waals surface area contributed by atoms with Crippen LogP contribution in [0.4, 0.5) is 13.2 Å². The van der Waals surface area contributed by atoms with Crippen LogP contribution in [0.25, 0.3) is 11.0 Å². The molecule has 0 aliphatic heterocycles. The summed E-state index contributed by atoms with van der Waals surface area (Å²) in [6, 6.07) is 3.77. The van der Waals surface area contributed by atoms with Crippen LogP contribution < -0.4 is 0 Å². The molecular weight excluding hydrogens is 297 g/mol. The third-order valence-corrected chi connectivity index (χ3v) is 4.66. The minimum atomic E-state index is -4.32. The van der Waals surface area contributed by atoms with Gasteiger partial charge in [-0.15, -0.1) is 0 Å². The van der Waals surface area contributed by atoms with E-state index in [1.807, 2.05) is 4.57 Å². The van der Waals surface area contributed by atoms with E-state index in [4.69, 9.17) is 12.2 Å². The van der Waals surface area contributed by atoms with Crippen molar-refractivity contribution in [2.75, 3.05) is 0 Å². The van der Waals surface area contributed by atoms with Gasteiger partial charge in [-0.05, 0) is 42.8 Å². The first-order chi connectivity index (χ1) is 9.95. The zero-order chi connectivity index (χ0) is 15.0. The summed E-state index contributed by atoms with van der Waals surface area (Å²) in [5, 5.41) is 0. The summed E-state index contributed by atoms with van der Waals surface area (Å²) in [6.07, 6.45) is 1.82. The molecule has 0 radical (unpaired) electrons. The van der Waals surface area contributed by atoms with E-state index in [1.54, 1.807) is 0 Å². The first-order valence-corrected chi connectivity index (χ1v) is 7.66. The molecule has 2 aromatic rings. The van der Waals surface area contributed by atoms with Gasteiger partial charge in [0.2, 0.25) is 0 Å². The number of aromatic nitrogens is 2. The molecule has 1 N–H and O–H groups in total. The van der Waals surface area contributed by atoms with E-state index in [0.717, 1.165) is 36.5 Å². The quantitative estimate of drug-likeness (QED) is 0.763. The highest BCUT2D eigenvalue weighted by atomic mass is 32.1. The van der Waals surface area contributed by atoms with Crippen LogP contribution in [0.3, 0.4) is 0 Å². The largest absolute Gasteiger partial charge is 0.416 e. The Labute approximate surface area is 126 Å². The van der Waals surface area contributed by atoms with Crippen molar-refractivity contribution in [3.63, 3.8) is 0 Å². The van der Waals surface area contributed by atoms with Crippen molar-refractivity contribution in [1.29, 1.82) is 0 Å². The van der Waals surface area contributed by atoms with E-state index in [0.29, 0.717) is 10.3 Å². The van der Waals surface area contributed by atoms with Crippen molar-refractivity contribution < 1.29 is 13.2 Å². The van der Waals surface area contributed by atoms with Gasteiger partial charge >= 0.3 is 6.18 Å². The lowest BCUT2D eigenvalue weighted by atomic mass is 10.0. The molecule has 2 nitrogen and oxygen atoms in total. The second-order valence-electron chi connectivity index (χ2n) is 5.75. The molecule has 0 spiro atoms. The smallest absolute Gasteiger partial charge is 0.331 e. The fourth-order valence-corrected chi connectivity index (χ4v) is 3.47. The van der Waals surface area contributed by atoms with Gasteiger partial charge < -0.3 is 9.55 Å². The molecule has 1 aromatic heterocycles. The summed E-state index contributed by atoms with van der Waals surface area (Å²) < 4.78 is 40.6. The molecule has 1 fully saturated rings. The van der Waals surface area contributed by atoms with Crippen LogP contribution in [0.5, 0.6) is 0 Å². The second-order valence-corrected chi connectivity index (χ2v) is 6.14. The Morgan fingerprint density at radius 2 is 1.95 bits per heavy atom. The fraction of sp³-hybridized carbons (Fsp3) is 0.533. The number of H-pyrrole nitrogens is 1. The monoisotopic (exact) mass is 314 g/mol. The normalized spacial score (nSPS) is 16.9. The van der Waals surface area contributed by atoms with Gasteiger partial charge in [0.25, 0.3) is 0 Å². The van der Waals surface area contributed by atoms with Crippen LogP contribution in [0.1, 0.15) is 37.7 Å². The predicted octanol–water partition coefficient (Wildman–Crippen LogP) is 5.30. The topological polar surface area (TPSA) is 20.7 Å². The second kappa shape index (κ2) is 5.48. The van der Waals surface area contributed by atoms with Crippen molar-refractivity contribution in [3.8, 4) is 0 Å². The SMILES string of the molecule is FC(F)(F)c1ccc2c(c1)[nH]c(=S)n2CCC1CCCC1. The molecule has 0 saturated heterocycles. The number of nitrogens with zero attached hydrogens (tertiary/aromatic N) is 1. The lowest BCUT2D eigenvalue weighted by Crippen LogP contribution is -2.05. The minimum Gasteiger partial charge on any atom is -0.331 e. The number of benzene rings is 1. The number of aryl methyl sites for hydroxylation is 1. The first-order valence-electron chi connectivity index (χ1n) is 7.25. The predicted molar refractivity (Wildman–Crippen MR) is 78.7 cm³/mol. The van der Waals surface area contributed by atoms with E-state index in [1.165, 1.54) is 31.7 Å². The van der Waals surface area contributed by atoms with Gasteiger partial charge in [-0.3, -0.25) is 0 Å². The Morgan fingerprint density at radius 3 is 2.62 bits per heavy atom. The molecule has 6 heteroatoms. The molecule has 1 saturated carbocycles. The minimum absolute atomic E-state index is 0.459. The molecule has 21 heavy (non-hydrogen) atoms. The number of hydrogen-bond acceptors (Lipinski definition) is 1. The van der Waals surface area contributed by atoms with Gasteiger partial charge in [-0.1, -0.05) is 25.7 Å². The van der Waals surface area contributed by atoms with Gasteiger partial charge in [0, 0.05) is 6.54 Å². The van der Waals surface area contributed by atoms with Crippen LogP contribution in [-0.4, -0.2) is 9.55 Å². The van der Waals surface area contributed by atoms with E-state index in [9.17, 15) is 13.2 Å². The molecule has 114 valence electrons. The lowest BCUT2D eigenvalue weighted by Gasteiger charge is -2.10. The Morgan fingerprint density at radius 1 is 1.24 bits per heavy atom. The van der Waals surface area contributed by atoms with E-state index >= 15 is 0 Å². The third kappa shape index (κ3) is 3.00. The maximum Gasteiger partial charge on any atom is 0.416 e.